The van der Waals surface area contributed by atoms with Crippen molar-refractivity contribution in [1.29, 1.82) is 0 Å². The van der Waals surface area contributed by atoms with Crippen molar-refractivity contribution < 1.29 is 28.0 Å². The van der Waals surface area contributed by atoms with E-state index in [1.165, 1.54) is 14.2 Å². The molecule has 0 unspecified atom stereocenters. The minimum atomic E-state index is -3.10. The lowest BCUT2D eigenvalue weighted by molar-refractivity contribution is -0.132. The molecule has 0 atom stereocenters. The summed E-state index contributed by atoms with van der Waals surface area (Å²) >= 11 is 0. The van der Waals surface area contributed by atoms with Crippen LogP contribution >= 0.6 is 0 Å². The molecule has 6 nitrogen and oxygen atoms in total. The molecule has 29 heavy (non-hydrogen) atoms. The first-order chi connectivity index (χ1) is 13.9. The molecule has 0 radical (unpaired) electrons. The van der Waals surface area contributed by atoms with E-state index in [4.69, 9.17) is 14.4 Å². The summed E-state index contributed by atoms with van der Waals surface area (Å²) in [6, 6.07) is 11.8. The molecule has 152 valence electrons. The topological polar surface area (TPSA) is 69.5 Å². The van der Waals surface area contributed by atoms with Crippen LogP contribution in [0.15, 0.2) is 52.8 Å². The largest absolute Gasteiger partial charge is 0.464 e. The van der Waals surface area contributed by atoms with Gasteiger partial charge >= 0.3 is 5.97 Å². The number of hydrogen-bond donors (Lipinski definition) is 0. The van der Waals surface area contributed by atoms with Gasteiger partial charge in [0.05, 0.1) is 7.11 Å². The van der Waals surface area contributed by atoms with Crippen molar-refractivity contribution in [2.24, 2.45) is 10.3 Å². The number of methoxy groups -OCH3 is 1. The van der Waals surface area contributed by atoms with Crippen molar-refractivity contribution in [3.05, 3.63) is 70.3 Å². The Kier molecular flexibility index (Phi) is 5.91. The molecule has 0 aliphatic heterocycles. The van der Waals surface area contributed by atoms with Crippen LogP contribution in [0.3, 0.4) is 0 Å². The highest BCUT2D eigenvalue weighted by atomic mass is 19.3. The number of aryl methyl sites for hydroxylation is 1. The summed E-state index contributed by atoms with van der Waals surface area (Å²) in [5, 5.41) is 7.48. The van der Waals surface area contributed by atoms with Crippen LogP contribution in [-0.2, 0) is 32.2 Å². The highest BCUT2D eigenvalue weighted by Crippen LogP contribution is 2.35. The summed E-state index contributed by atoms with van der Waals surface area (Å²) in [6.45, 7) is 1.67. The Hall–Kier alpha value is -3.29. The number of alkyl halides is 2. The van der Waals surface area contributed by atoms with Crippen LogP contribution in [0, 0.1) is 6.92 Å². The van der Waals surface area contributed by atoms with Crippen molar-refractivity contribution in [2.75, 3.05) is 14.2 Å². The second kappa shape index (κ2) is 8.38. The van der Waals surface area contributed by atoms with Crippen molar-refractivity contribution in [1.82, 2.24) is 0 Å². The van der Waals surface area contributed by atoms with Gasteiger partial charge in [-0.25, -0.2) is 4.79 Å². The van der Waals surface area contributed by atoms with Gasteiger partial charge in [0.25, 0.3) is 5.92 Å². The number of halogens is 2. The fourth-order valence-corrected chi connectivity index (χ4v) is 3.20. The van der Waals surface area contributed by atoms with Crippen LogP contribution in [0.25, 0.3) is 0 Å². The minimum Gasteiger partial charge on any atom is -0.464 e. The molecule has 2 aromatic rings. The van der Waals surface area contributed by atoms with Gasteiger partial charge in [0.2, 0.25) is 0 Å². The van der Waals surface area contributed by atoms with Crippen LogP contribution in [0.4, 0.5) is 8.78 Å². The maximum Gasteiger partial charge on any atom is 0.360 e. The smallest absolute Gasteiger partial charge is 0.360 e. The van der Waals surface area contributed by atoms with E-state index in [2.05, 4.69) is 10.3 Å². The van der Waals surface area contributed by atoms with E-state index in [-0.39, 0.29) is 12.3 Å². The highest BCUT2D eigenvalue weighted by Gasteiger charge is 2.45. The zero-order valence-electron chi connectivity index (χ0n) is 16.2. The number of benzene rings is 2. The van der Waals surface area contributed by atoms with E-state index in [9.17, 15) is 13.6 Å². The van der Waals surface area contributed by atoms with Crippen LogP contribution in [-0.4, -0.2) is 37.5 Å². The Labute approximate surface area is 166 Å². The van der Waals surface area contributed by atoms with Crippen molar-refractivity contribution in [3.63, 3.8) is 0 Å². The summed E-state index contributed by atoms with van der Waals surface area (Å²) in [5.74, 6) is -3.80. The first-order valence-electron chi connectivity index (χ1n) is 8.84. The van der Waals surface area contributed by atoms with Crippen LogP contribution in [0.1, 0.15) is 27.8 Å². The number of nitrogens with zero attached hydrogens (tertiary/aromatic N) is 2. The summed E-state index contributed by atoms with van der Waals surface area (Å²) in [7, 11) is 2.53. The maximum absolute atomic E-state index is 14.4. The number of carbonyl (C=O) groups excluding carboxylic acids is 1. The third kappa shape index (κ3) is 4.11. The van der Waals surface area contributed by atoms with Crippen molar-refractivity contribution >= 4 is 17.4 Å². The first-order valence-corrected chi connectivity index (χ1v) is 8.84. The fraction of sp³-hybridized carbons (Fsp3) is 0.286. The Bertz CT molecular complexity index is 986. The molecular weight excluding hydrogens is 382 g/mol. The maximum atomic E-state index is 14.4. The molecule has 0 saturated heterocycles. The highest BCUT2D eigenvalue weighted by molar-refractivity contribution is 6.43. The molecule has 0 amide bonds. The molecule has 0 N–H and O–H groups in total. The number of oxime groups is 2. The second-order valence-electron chi connectivity index (χ2n) is 6.47. The fourth-order valence-electron chi connectivity index (χ4n) is 3.20. The van der Waals surface area contributed by atoms with E-state index < -0.39 is 24.0 Å². The van der Waals surface area contributed by atoms with Gasteiger partial charge in [-0.2, -0.15) is 8.78 Å². The molecule has 0 spiro atoms. The Morgan fingerprint density at radius 2 is 1.90 bits per heavy atom. The number of ether oxygens (including phenoxy) is 1. The molecule has 0 aromatic heterocycles. The molecule has 3 rings (SSSR count). The summed E-state index contributed by atoms with van der Waals surface area (Å²) in [5.41, 5.74) is 2.19. The van der Waals surface area contributed by atoms with Crippen LogP contribution in [0.5, 0.6) is 0 Å². The van der Waals surface area contributed by atoms with Gasteiger partial charge in [0, 0.05) is 23.1 Å². The minimum absolute atomic E-state index is 0.0542. The zero-order chi connectivity index (χ0) is 21.0. The number of rotatable bonds is 6. The van der Waals surface area contributed by atoms with Gasteiger partial charge in [-0.3, -0.25) is 0 Å². The summed E-state index contributed by atoms with van der Waals surface area (Å²) < 4.78 is 33.5. The van der Waals surface area contributed by atoms with Gasteiger partial charge in [0.1, 0.15) is 13.7 Å². The summed E-state index contributed by atoms with van der Waals surface area (Å²) in [4.78, 5) is 22.1. The lowest BCUT2D eigenvalue weighted by Crippen LogP contribution is -2.25. The average Bonchev–Trinajstić information content (AvgIpc) is 2.96. The molecule has 1 aliphatic carbocycles. The quantitative estimate of drug-likeness (QED) is 0.420. The molecule has 8 heteroatoms. The number of esters is 1. The van der Waals surface area contributed by atoms with Gasteiger partial charge in [-0.1, -0.05) is 52.8 Å². The predicted molar refractivity (Wildman–Crippen MR) is 103 cm³/mol. The lowest BCUT2D eigenvalue weighted by atomic mass is 9.99. The van der Waals surface area contributed by atoms with Crippen LogP contribution in [0.2, 0.25) is 0 Å². The lowest BCUT2D eigenvalue weighted by Gasteiger charge is -2.13. The van der Waals surface area contributed by atoms with Crippen LogP contribution < -0.4 is 0 Å². The monoisotopic (exact) mass is 402 g/mol. The molecule has 0 bridgehead atoms. The Morgan fingerprint density at radius 1 is 1.14 bits per heavy atom. The van der Waals surface area contributed by atoms with Gasteiger partial charge in [-0.05, 0) is 18.1 Å². The van der Waals surface area contributed by atoms with Gasteiger partial charge in [-0.15, -0.1) is 0 Å². The molecule has 1 aliphatic rings. The zero-order valence-corrected chi connectivity index (χ0v) is 16.2. The Morgan fingerprint density at radius 3 is 2.62 bits per heavy atom. The SMILES string of the molecule is CO/N=C(/C(=O)OC)c1cccc(C)c1CO/N=C1/c2ccccc2CC1(F)F. The molecule has 0 fully saturated rings. The van der Waals surface area contributed by atoms with E-state index in [1.807, 2.05) is 0 Å². The predicted octanol–water partition coefficient (Wildman–Crippen LogP) is 3.63. The van der Waals surface area contributed by atoms with Crippen molar-refractivity contribution in [3.8, 4) is 0 Å². The Balaban J connectivity index is 1.91. The normalized spacial score (nSPS) is 16.4. The molecule has 0 saturated carbocycles. The van der Waals surface area contributed by atoms with E-state index >= 15 is 0 Å². The van der Waals surface area contributed by atoms with E-state index in [1.54, 1.807) is 49.4 Å². The van der Waals surface area contributed by atoms with E-state index in [0.717, 1.165) is 5.56 Å². The number of fused-ring (bicyclic) bond motifs is 1. The standard InChI is InChI=1S/C21H20F2N2O4/c1-13-7-6-10-16(18(24-28-3)20(26)27-2)17(13)12-29-25-19-15-9-5-4-8-14(15)11-21(19,22)23/h4-10H,11-12H2,1-3H3/b24-18+,25-19-. The molecule has 2 aromatic carbocycles. The van der Waals surface area contributed by atoms with E-state index in [0.29, 0.717) is 22.3 Å². The average molecular weight is 402 g/mol. The van der Waals surface area contributed by atoms with Crippen molar-refractivity contribution in [2.45, 2.75) is 25.9 Å². The number of carbonyl (C=O) groups is 1. The summed E-state index contributed by atoms with van der Waals surface area (Å²) in [6.07, 6.45) is -0.409. The first kappa shape index (κ1) is 20.4. The number of hydrogen-bond acceptors (Lipinski definition) is 6. The second-order valence-corrected chi connectivity index (χ2v) is 6.47. The van der Waals surface area contributed by atoms with Gasteiger partial charge < -0.3 is 14.4 Å². The molecular formula is C21H20F2N2O4. The van der Waals surface area contributed by atoms with Gasteiger partial charge in [0.15, 0.2) is 11.4 Å². The molecule has 0 heterocycles. The third-order valence-corrected chi connectivity index (χ3v) is 4.62. The third-order valence-electron chi connectivity index (χ3n) is 4.62.